The number of likely N-dealkylation sites (tertiary alicyclic amines) is 2. The van der Waals surface area contributed by atoms with E-state index in [2.05, 4.69) is 5.32 Å². The Morgan fingerprint density at radius 2 is 2.04 bits per heavy atom. The molecule has 3 amide bonds. The molecule has 7 heteroatoms. The maximum Gasteiger partial charge on any atom is 0.321 e. The lowest BCUT2D eigenvalue weighted by Gasteiger charge is -2.34. The molecule has 0 aliphatic carbocycles. The first-order valence-corrected chi connectivity index (χ1v) is 9.55. The van der Waals surface area contributed by atoms with Gasteiger partial charge in [-0.2, -0.15) is 0 Å². The first kappa shape index (κ1) is 19.6. The number of ether oxygens (including phenoxy) is 1. The molecular weight excluding hydrogens is 349 g/mol. The van der Waals surface area contributed by atoms with Gasteiger partial charge < -0.3 is 19.9 Å². The third-order valence-corrected chi connectivity index (χ3v) is 5.59. The number of nitrogens with one attached hydrogen (secondary N) is 1. The van der Waals surface area contributed by atoms with Crippen LogP contribution in [-0.2, 0) is 9.53 Å². The zero-order chi connectivity index (χ0) is 19.4. The number of carbonyl (C=O) groups is 2. The van der Waals surface area contributed by atoms with Gasteiger partial charge in [-0.25, -0.2) is 9.18 Å². The summed E-state index contributed by atoms with van der Waals surface area (Å²) in [5.41, 5.74) is 0.952. The van der Waals surface area contributed by atoms with Crippen molar-refractivity contribution in [2.75, 3.05) is 45.2 Å². The maximum atomic E-state index is 13.6. The number of benzene rings is 1. The number of hydrogen-bond donors (Lipinski definition) is 1. The van der Waals surface area contributed by atoms with Gasteiger partial charge in [-0.1, -0.05) is 6.07 Å². The first-order valence-electron chi connectivity index (χ1n) is 9.55. The number of halogens is 1. The minimum Gasteiger partial charge on any atom is -0.384 e. The van der Waals surface area contributed by atoms with Crippen molar-refractivity contribution in [1.29, 1.82) is 0 Å². The Hall–Kier alpha value is -2.15. The van der Waals surface area contributed by atoms with Crippen molar-refractivity contribution in [2.45, 2.75) is 26.2 Å². The number of piperidine rings is 1. The van der Waals surface area contributed by atoms with E-state index in [-0.39, 0.29) is 17.8 Å². The van der Waals surface area contributed by atoms with Crippen molar-refractivity contribution in [3.63, 3.8) is 0 Å². The molecule has 1 aromatic carbocycles. The Balaban J connectivity index is 1.47. The van der Waals surface area contributed by atoms with Crippen molar-refractivity contribution in [2.24, 2.45) is 11.8 Å². The summed E-state index contributed by atoms with van der Waals surface area (Å²) in [6.45, 7) is 5.11. The Morgan fingerprint density at radius 1 is 1.30 bits per heavy atom. The summed E-state index contributed by atoms with van der Waals surface area (Å²) in [4.78, 5) is 28.3. The number of methoxy groups -OCH3 is 1. The normalized spacial score (nSPS) is 21.0. The molecular formula is C20H28FN3O3. The van der Waals surface area contributed by atoms with Gasteiger partial charge in [0.15, 0.2) is 0 Å². The fourth-order valence-electron chi connectivity index (χ4n) is 3.95. The van der Waals surface area contributed by atoms with Crippen LogP contribution in [0.4, 0.5) is 14.9 Å². The number of rotatable bonds is 5. The minimum absolute atomic E-state index is 0.195. The zero-order valence-corrected chi connectivity index (χ0v) is 16.0. The quantitative estimate of drug-likeness (QED) is 0.858. The van der Waals surface area contributed by atoms with Gasteiger partial charge in [0.2, 0.25) is 5.91 Å². The lowest BCUT2D eigenvalue weighted by Crippen LogP contribution is -2.43. The lowest BCUT2D eigenvalue weighted by molar-refractivity contribution is -0.128. The number of urea groups is 1. The van der Waals surface area contributed by atoms with Crippen LogP contribution in [0.1, 0.15) is 24.8 Å². The van der Waals surface area contributed by atoms with Gasteiger partial charge in [0.25, 0.3) is 0 Å². The van der Waals surface area contributed by atoms with Gasteiger partial charge in [-0.3, -0.25) is 4.79 Å². The summed E-state index contributed by atoms with van der Waals surface area (Å²) in [6.07, 6.45) is 2.31. The van der Waals surface area contributed by atoms with Crippen LogP contribution < -0.4 is 5.32 Å². The molecule has 2 fully saturated rings. The topological polar surface area (TPSA) is 61.9 Å². The van der Waals surface area contributed by atoms with Crippen LogP contribution in [0.3, 0.4) is 0 Å². The molecule has 0 radical (unpaired) electrons. The molecule has 27 heavy (non-hydrogen) atoms. The Morgan fingerprint density at radius 3 is 2.74 bits per heavy atom. The molecule has 1 unspecified atom stereocenters. The SMILES string of the molecule is COCC1CC(=O)N(CC2CCN(C(=O)Nc3cccc(F)c3C)CC2)C1. The summed E-state index contributed by atoms with van der Waals surface area (Å²) in [6, 6.07) is 4.49. The van der Waals surface area contributed by atoms with Crippen LogP contribution in [0.2, 0.25) is 0 Å². The third kappa shape index (κ3) is 4.77. The molecule has 3 rings (SSSR count). The minimum atomic E-state index is -0.325. The van der Waals surface area contributed by atoms with E-state index in [1.54, 1.807) is 31.1 Å². The van der Waals surface area contributed by atoms with Gasteiger partial charge in [0, 0.05) is 56.9 Å². The second-order valence-corrected chi connectivity index (χ2v) is 7.60. The molecule has 6 nitrogen and oxygen atoms in total. The van der Waals surface area contributed by atoms with Crippen molar-refractivity contribution in [1.82, 2.24) is 9.80 Å². The molecule has 1 atom stereocenters. The van der Waals surface area contributed by atoms with Crippen molar-refractivity contribution >= 4 is 17.6 Å². The van der Waals surface area contributed by atoms with E-state index in [0.29, 0.717) is 49.2 Å². The molecule has 0 aromatic heterocycles. The lowest BCUT2D eigenvalue weighted by atomic mass is 9.96. The van der Waals surface area contributed by atoms with E-state index in [0.717, 1.165) is 25.9 Å². The van der Waals surface area contributed by atoms with E-state index >= 15 is 0 Å². The van der Waals surface area contributed by atoms with E-state index in [1.165, 1.54) is 6.07 Å². The highest BCUT2D eigenvalue weighted by Gasteiger charge is 2.32. The molecule has 148 valence electrons. The van der Waals surface area contributed by atoms with E-state index in [4.69, 9.17) is 4.74 Å². The predicted molar refractivity (Wildman–Crippen MR) is 101 cm³/mol. The number of carbonyl (C=O) groups excluding carboxylic acids is 2. The van der Waals surface area contributed by atoms with Crippen molar-refractivity contribution in [3.05, 3.63) is 29.6 Å². The van der Waals surface area contributed by atoms with Crippen LogP contribution >= 0.6 is 0 Å². The first-order chi connectivity index (χ1) is 13.0. The Labute approximate surface area is 159 Å². The van der Waals surface area contributed by atoms with Gasteiger partial charge in [-0.15, -0.1) is 0 Å². The fraction of sp³-hybridized carbons (Fsp3) is 0.600. The smallest absolute Gasteiger partial charge is 0.321 e. The molecule has 2 saturated heterocycles. The average molecular weight is 377 g/mol. The maximum absolute atomic E-state index is 13.6. The van der Waals surface area contributed by atoms with Crippen molar-refractivity contribution < 1.29 is 18.7 Å². The molecule has 2 aliphatic rings. The highest BCUT2D eigenvalue weighted by molar-refractivity contribution is 5.90. The van der Waals surface area contributed by atoms with Crippen molar-refractivity contribution in [3.8, 4) is 0 Å². The zero-order valence-electron chi connectivity index (χ0n) is 16.0. The summed E-state index contributed by atoms with van der Waals surface area (Å²) in [7, 11) is 1.67. The van der Waals surface area contributed by atoms with Gasteiger partial charge in [0.1, 0.15) is 5.82 Å². The number of hydrogen-bond acceptors (Lipinski definition) is 3. The summed E-state index contributed by atoms with van der Waals surface area (Å²) >= 11 is 0. The fourth-order valence-corrected chi connectivity index (χ4v) is 3.95. The van der Waals surface area contributed by atoms with Crippen LogP contribution in [0.15, 0.2) is 18.2 Å². The number of amides is 3. The average Bonchev–Trinajstić information content (AvgIpc) is 2.99. The molecule has 2 aliphatic heterocycles. The third-order valence-electron chi connectivity index (χ3n) is 5.59. The molecule has 0 spiro atoms. The second-order valence-electron chi connectivity index (χ2n) is 7.60. The summed E-state index contributed by atoms with van der Waals surface area (Å²) < 4.78 is 18.8. The van der Waals surface area contributed by atoms with Gasteiger partial charge in [-0.05, 0) is 37.8 Å². The summed E-state index contributed by atoms with van der Waals surface area (Å²) in [5, 5.41) is 2.80. The van der Waals surface area contributed by atoms with Crippen LogP contribution in [0, 0.1) is 24.6 Å². The highest BCUT2D eigenvalue weighted by atomic mass is 19.1. The largest absolute Gasteiger partial charge is 0.384 e. The van der Waals surface area contributed by atoms with E-state index in [1.807, 2.05) is 4.90 Å². The second kappa shape index (κ2) is 8.69. The number of nitrogens with zero attached hydrogens (tertiary/aromatic N) is 2. The standard InChI is InChI=1S/C20H28FN3O3/c1-14-17(21)4-3-5-18(14)22-20(26)23-8-6-15(7-9-23)11-24-12-16(13-27-2)10-19(24)25/h3-5,15-16H,6-13H2,1-2H3,(H,22,26). The molecule has 2 heterocycles. The van der Waals surface area contributed by atoms with Gasteiger partial charge in [0.05, 0.1) is 6.61 Å². The predicted octanol–water partition coefficient (Wildman–Crippen LogP) is 2.87. The monoisotopic (exact) mass is 377 g/mol. The molecule has 0 bridgehead atoms. The van der Waals surface area contributed by atoms with E-state index < -0.39 is 0 Å². The highest BCUT2D eigenvalue weighted by Crippen LogP contribution is 2.25. The van der Waals surface area contributed by atoms with Crippen LogP contribution in [0.25, 0.3) is 0 Å². The van der Waals surface area contributed by atoms with Crippen LogP contribution in [0.5, 0.6) is 0 Å². The molecule has 0 saturated carbocycles. The Kier molecular flexibility index (Phi) is 6.31. The molecule has 1 aromatic rings. The molecule has 1 N–H and O–H groups in total. The van der Waals surface area contributed by atoms with Crippen LogP contribution in [-0.4, -0.2) is 61.6 Å². The summed E-state index contributed by atoms with van der Waals surface area (Å²) in [5.74, 6) is 0.588. The number of anilines is 1. The Bertz CT molecular complexity index is 689. The van der Waals surface area contributed by atoms with Gasteiger partial charge >= 0.3 is 6.03 Å². The van der Waals surface area contributed by atoms with E-state index in [9.17, 15) is 14.0 Å².